The van der Waals surface area contributed by atoms with Gasteiger partial charge in [0.2, 0.25) is 11.8 Å². The average molecular weight is 538 g/mol. The second kappa shape index (κ2) is 12.6. The third kappa shape index (κ3) is 6.92. The van der Waals surface area contributed by atoms with Crippen molar-refractivity contribution in [1.82, 2.24) is 10.2 Å². The zero-order chi connectivity index (χ0) is 27.9. The quantitative estimate of drug-likeness (QED) is 0.398. The number of ether oxygens (including phenoxy) is 1. The summed E-state index contributed by atoms with van der Waals surface area (Å²) in [5.41, 5.74) is 2.92. The molecule has 0 fully saturated rings. The van der Waals surface area contributed by atoms with Gasteiger partial charge in [0.05, 0.1) is 17.7 Å². The lowest BCUT2D eigenvalue weighted by atomic mass is 10.1. The van der Waals surface area contributed by atoms with Crippen LogP contribution in [0.4, 0.5) is 5.69 Å². The smallest absolute Gasteiger partial charge is 0.264 e. The summed E-state index contributed by atoms with van der Waals surface area (Å²) >= 11 is 0. The maximum Gasteiger partial charge on any atom is 0.264 e. The number of amides is 2. The van der Waals surface area contributed by atoms with Gasteiger partial charge in [-0.3, -0.25) is 13.9 Å². The van der Waals surface area contributed by atoms with Crippen LogP contribution >= 0.6 is 0 Å². The Morgan fingerprint density at radius 1 is 0.947 bits per heavy atom. The summed E-state index contributed by atoms with van der Waals surface area (Å²) in [6.07, 6.45) is 0. The fourth-order valence-electron chi connectivity index (χ4n) is 3.98. The highest BCUT2D eigenvalue weighted by atomic mass is 32.2. The Kier molecular flexibility index (Phi) is 9.52. The van der Waals surface area contributed by atoms with Crippen molar-refractivity contribution in [3.05, 3.63) is 89.5 Å². The van der Waals surface area contributed by atoms with Crippen LogP contribution < -0.4 is 14.4 Å². The molecule has 0 aromatic heterocycles. The molecule has 0 aliphatic rings. The Morgan fingerprint density at radius 2 is 1.61 bits per heavy atom. The molecule has 202 valence electrons. The Labute approximate surface area is 225 Å². The standard InChI is InChI=1S/C29H35N3O5S/c1-6-30-29(34)23(4)31(19-24-12-14-26(37-5)15-13-24)28(33)20-32(25-9-7-8-22(3)18-25)38(35,36)27-16-10-21(2)11-17-27/h7-18,23H,6,19-20H2,1-5H3,(H,30,34)/t23-/m0/s1. The molecule has 1 atom stereocenters. The summed E-state index contributed by atoms with van der Waals surface area (Å²) in [7, 11) is -2.52. The summed E-state index contributed by atoms with van der Waals surface area (Å²) in [5, 5.41) is 2.75. The van der Waals surface area contributed by atoms with E-state index in [1.54, 1.807) is 63.4 Å². The zero-order valence-electron chi connectivity index (χ0n) is 22.5. The number of carbonyl (C=O) groups is 2. The predicted molar refractivity (Wildman–Crippen MR) is 149 cm³/mol. The second-order valence-electron chi connectivity index (χ2n) is 9.10. The van der Waals surface area contributed by atoms with E-state index in [9.17, 15) is 18.0 Å². The number of rotatable bonds is 11. The van der Waals surface area contributed by atoms with Crippen LogP contribution in [-0.4, -0.2) is 51.4 Å². The molecule has 2 amide bonds. The van der Waals surface area contributed by atoms with E-state index >= 15 is 0 Å². The topological polar surface area (TPSA) is 96.0 Å². The van der Waals surface area contributed by atoms with E-state index in [1.807, 2.05) is 32.0 Å². The minimum absolute atomic E-state index is 0.0795. The SMILES string of the molecule is CCNC(=O)[C@H](C)N(Cc1ccc(OC)cc1)C(=O)CN(c1cccc(C)c1)S(=O)(=O)c1ccc(C)cc1. The van der Waals surface area contributed by atoms with E-state index < -0.39 is 28.5 Å². The van der Waals surface area contributed by atoms with Crippen LogP contribution in [0.1, 0.15) is 30.5 Å². The summed E-state index contributed by atoms with van der Waals surface area (Å²) in [6.45, 7) is 7.22. The highest BCUT2D eigenvalue weighted by Gasteiger charge is 2.32. The molecule has 3 aromatic carbocycles. The van der Waals surface area contributed by atoms with Crippen molar-refractivity contribution in [2.75, 3.05) is 24.5 Å². The molecule has 0 aliphatic heterocycles. The summed E-state index contributed by atoms with van der Waals surface area (Å²) in [4.78, 5) is 28.1. The van der Waals surface area contributed by atoms with Gasteiger partial charge in [0, 0.05) is 13.1 Å². The molecule has 8 nitrogen and oxygen atoms in total. The highest BCUT2D eigenvalue weighted by molar-refractivity contribution is 7.92. The van der Waals surface area contributed by atoms with Gasteiger partial charge in [-0.15, -0.1) is 0 Å². The van der Waals surface area contributed by atoms with Gasteiger partial charge in [-0.2, -0.15) is 0 Å². The molecular weight excluding hydrogens is 502 g/mol. The molecule has 0 spiro atoms. The molecule has 1 N–H and O–H groups in total. The molecule has 0 aliphatic carbocycles. The first-order valence-corrected chi connectivity index (χ1v) is 13.9. The number of carbonyl (C=O) groups excluding carboxylic acids is 2. The van der Waals surface area contributed by atoms with Crippen LogP contribution in [-0.2, 0) is 26.2 Å². The van der Waals surface area contributed by atoms with Gasteiger partial charge in [0.15, 0.2) is 0 Å². The summed E-state index contributed by atoms with van der Waals surface area (Å²) in [6, 6.07) is 19.8. The van der Waals surface area contributed by atoms with Crippen LogP contribution in [0.3, 0.4) is 0 Å². The molecular formula is C29H35N3O5S. The van der Waals surface area contributed by atoms with Gasteiger partial charge in [0.25, 0.3) is 10.0 Å². The molecule has 0 bridgehead atoms. The number of sulfonamides is 1. The third-order valence-electron chi connectivity index (χ3n) is 6.21. The molecule has 0 radical (unpaired) electrons. The largest absolute Gasteiger partial charge is 0.497 e. The van der Waals surface area contributed by atoms with Gasteiger partial charge < -0.3 is 15.0 Å². The fourth-order valence-corrected chi connectivity index (χ4v) is 5.39. The van der Waals surface area contributed by atoms with Crippen LogP contribution in [0, 0.1) is 13.8 Å². The fraction of sp³-hybridized carbons (Fsp3) is 0.310. The number of nitrogens with zero attached hydrogens (tertiary/aromatic N) is 2. The molecule has 0 unspecified atom stereocenters. The number of nitrogens with one attached hydrogen (secondary N) is 1. The van der Waals surface area contributed by atoms with Crippen molar-refractivity contribution in [3.8, 4) is 5.75 Å². The van der Waals surface area contributed by atoms with Crippen LogP contribution in [0.5, 0.6) is 5.75 Å². The molecule has 3 rings (SSSR count). The zero-order valence-corrected chi connectivity index (χ0v) is 23.3. The first-order valence-electron chi connectivity index (χ1n) is 12.4. The molecule has 3 aromatic rings. The van der Waals surface area contributed by atoms with E-state index in [0.29, 0.717) is 18.0 Å². The molecule has 38 heavy (non-hydrogen) atoms. The van der Waals surface area contributed by atoms with Gasteiger partial charge >= 0.3 is 0 Å². The minimum atomic E-state index is -4.09. The van der Waals surface area contributed by atoms with Crippen LogP contribution in [0.2, 0.25) is 0 Å². The number of benzene rings is 3. The lowest BCUT2D eigenvalue weighted by Gasteiger charge is -2.32. The number of aryl methyl sites for hydroxylation is 2. The number of methoxy groups -OCH3 is 1. The van der Waals surface area contributed by atoms with Crippen molar-refractivity contribution >= 4 is 27.5 Å². The Morgan fingerprint density at radius 3 is 2.18 bits per heavy atom. The van der Waals surface area contributed by atoms with E-state index in [4.69, 9.17) is 4.74 Å². The predicted octanol–water partition coefficient (Wildman–Crippen LogP) is 4.06. The maximum atomic E-state index is 13.8. The summed E-state index contributed by atoms with van der Waals surface area (Å²) in [5.74, 6) is -0.159. The Hall–Kier alpha value is -3.85. The van der Waals surface area contributed by atoms with Crippen molar-refractivity contribution in [3.63, 3.8) is 0 Å². The van der Waals surface area contributed by atoms with Crippen LogP contribution in [0.25, 0.3) is 0 Å². The van der Waals surface area contributed by atoms with E-state index in [1.165, 1.54) is 17.0 Å². The maximum absolute atomic E-state index is 13.8. The first-order chi connectivity index (χ1) is 18.1. The Balaban J connectivity index is 2.02. The van der Waals surface area contributed by atoms with E-state index in [2.05, 4.69) is 5.32 Å². The van der Waals surface area contributed by atoms with Crippen molar-refractivity contribution in [2.24, 2.45) is 0 Å². The van der Waals surface area contributed by atoms with Gasteiger partial charge in [-0.25, -0.2) is 8.42 Å². The number of hydrogen-bond acceptors (Lipinski definition) is 5. The molecule has 0 saturated heterocycles. The second-order valence-corrected chi connectivity index (χ2v) is 11.0. The average Bonchev–Trinajstić information content (AvgIpc) is 2.90. The molecule has 0 saturated carbocycles. The number of hydrogen-bond donors (Lipinski definition) is 1. The van der Waals surface area contributed by atoms with Gasteiger partial charge in [-0.05, 0) is 75.2 Å². The van der Waals surface area contributed by atoms with Crippen molar-refractivity contribution in [1.29, 1.82) is 0 Å². The lowest BCUT2D eigenvalue weighted by molar-refractivity contribution is -0.139. The van der Waals surface area contributed by atoms with Gasteiger partial charge in [0.1, 0.15) is 18.3 Å². The van der Waals surface area contributed by atoms with E-state index in [-0.39, 0.29) is 17.3 Å². The van der Waals surface area contributed by atoms with E-state index in [0.717, 1.165) is 21.0 Å². The highest BCUT2D eigenvalue weighted by Crippen LogP contribution is 2.26. The summed E-state index contributed by atoms with van der Waals surface area (Å²) < 4.78 is 34.0. The third-order valence-corrected chi connectivity index (χ3v) is 8.00. The van der Waals surface area contributed by atoms with Crippen LogP contribution in [0.15, 0.2) is 77.7 Å². The lowest BCUT2D eigenvalue weighted by Crippen LogP contribution is -2.51. The monoisotopic (exact) mass is 537 g/mol. The normalized spacial score (nSPS) is 11.9. The van der Waals surface area contributed by atoms with Gasteiger partial charge in [-0.1, -0.05) is 42.0 Å². The minimum Gasteiger partial charge on any atom is -0.497 e. The number of anilines is 1. The number of likely N-dealkylation sites (N-methyl/N-ethyl adjacent to an activating group) is 1. The van der Waals surface area contributed by atoms with Crippen molar-refractivity contribution < 1.29 is 22.7 Å². The molecule has 0 heterocycles. The van der Waals surface area contributed by atoms with Crippen molar-refractivity contribution in [2.45, 2.75) is 45.2 Å². The first kappa shape index (κ1) is 28.7. The Bertz CT molecular complexity index is 1360. The molecule has 9 heteroatoms.